The molecule has 30 heavy (non-hydrogen) atoms. The van der Waals surface area contributed by atoms with Gasteiger partial charge in [-0.1, -0.05) is 5.16 Å². The topological polar surface area (TPSA) is 91.0 Å². The molecule has 0 radical (unpaired) electrons. The van der Waals surface area contributed by atoms with Gasteiger partial charge in [-0.25, -0.2) is 0 Å². The van der Waals surface area contributed by atoms with E-state index in [1.54, 1.807) is 0 Å². The minimum Gasteiger partial charge on any atom is -0.490 e. The minimum absolute atomic E-state index is 0.00562. The Morgan fingerprint density at radius 2 is 2.03 bits per heavy atom. The second-order valence-electron chi connectivity index (χ2n) is 8.55. The van der Waals surface area contributed by atoms with E-state index in [1.807, 2.05) is 31.2 Å². The van der Waals surface area contributed by atoms with E-state index >= 15 is 0 Å². The number of benzene rings is 1. The molecule has 7 nitrogen and oxygen atoms in total. The second kappa shape index (κ2) is 8.04. The molecule has 5 atom stereocenters. The van der Waals surface area contributed by atoms with Crippen LogP contribution in [-0.2, 0) is 20.9 Å². The summed E-state index contributed by atoms with van der Waals surface area (Å²) in [7, 11) is 0. The molecule has 7 heteroatoms. The Kier molecular flexibility index (Phi) is 5.25. The van der Waals surface area contributed by atoms with Gasteiger partial charge >= 0.3 is 5.97 Å². The summed E-state index contributed by atoms with van der Waals surface area (Å²) < 4.78 is 23.3. The van der Waals surface area contributed by atoms with Crippen LogP contribution in [0.15, 0.2) is 28.8 Å². The van der Waals surface area contributed by atoms with Gasteiger partial charge in [-0.2, -0.15) is 0 Å². The number of hydrogen-bond acceptors (Lipinski definition) is 6. The molecular formula is C23H27NO6. The van der Waals surface area contributed by atoms with Gasteiger partial charge in [0.1, 0.15) is 11.9 Å². The maximum absolute atomic E-state index is 11.3. The van der Waals surface area contributed by atoms with Crippen LogP contribution < -0.4 is 4.74 Å². The Bertz CT molecular complexity index is 901. The largest absolute Gasteiger partial charge is 0.490 e. The molecule has 1 aromatic heterocycles. The molecule has 1 aromatic carbocycles. The van der Waals surface area contributed by atoms with E-state index in [0.717, 1.165) is 61.3 Å². The van der Waals surface area contributed by atoms with Crippen molar-refractivity contribution in [1.82, 2.24) is 5.16 Å². The van der Waals surface area contributed by atoms with Crippen molar-refractivity contribution >= 4 is 5.97 Å². The van der Waals surface area contributed by atoms with E-state index in [-0.39, 0.29) is 24.2 Å². The lowest BCUT2D eigenvalue weighted by Crippen LogP contribution is -2.22. The monoisotopic (exact) mass is 413 g/mol. The first-order chi connectivity index (χ1) is 14.6. The summed E-state index contributed by atoms with van der Waals surface area (Å²) >= 11 is 0. The fraction of sp³-hybridized carbons (Fsp3) is 0.565. The van der Waals surface area contributed by atoms with Gasteiger partial charge in [0.15, 0.2) is 12.1 Å². The zero-order chi connectivity index (χ0) is 20.7. The van der Waals surface area contributed by atoms with Crippen molar-refractivity contribution < 1.29 is 28.6 Å². The normalized spacial score (nSPS) is 30.1. The quantitative estimate of drug-likeness (QED) is 0.728. The van der Waals surface area contributed by atoms with Crippen molar-refractivity contribution in [1.29, 1.82) is 0 Å². The van der Waals surface area contributed by atoms with Gasteiger partial charge in [0.2, 0.25) is 0 Å². The lowest BCUT2D eigenvalue weighted by atomic mass is 10.1. The number of ether oxygens (including phenoxy) is 3. The summed E-state index contributed by atoms with van der Waals surface area (Å²) in [6.07, 6.45) is 4.82. The molecule has 0 amide bonds. The van der Waals surface area contributed by atoms with Crippen molar-refractivity contribution in [3.05, 3.63) is 35.5 Å². The van der Waals surface area contributed by atoms with Crippen molar-refractivity contribution in [2.75, 3.05) is 6.61 Å². The average molecular weight is 413 g/mol. The lowest BCUT2D eigenvalue weighted by molar-refractivity contribution is -0.168. The highest BCUT2D eigenvalue weighted by Gasteiger charge is 2.62. The average Bonchev–Trinajstić information content (AvgIpc) is 3.18. The van der Waals surface area contributed by atoms with E-state index in [0.29, 0.717) is 18.3 Å². The third-order valence-corrected chi connectivity index (χ3v) is 6.67. The highest BCUT2D eigenvalue weighted by molar-refractivity contribution is 5.75. The highest BCUT2D eigenvalue weighted by atomic mass is 16.7. The van der Waals surface area contributed by atoms with Crippen LogP contribution in [0.2, 0.25) is 0 Å². The van der Waals surface area contributed by atoms with Crippen LogP contribution in [0, 0.1) is 24.7 Å². The number of carbonyl (C=O) groups is 1. The summed E-state index contributed by atoms with van der Waals surface area (Å²) in [5.41, 5.74) is 2.65. The van der Waals surface area contributed by atoms with Gasteiger partial charge < -0.3 is 23.8 Å². The first-order valence-corrected chi connectivity index (χ1v) is 10.8. The Hall–Kier alpha value is -2.38. The summed E-state index contributed by atoms with van der Waals surface area (Å²) in [5, 5.41) is 13.4. The van der Waals surface area contributed by atoms with Crippen molar-refractivity contribution in [3.63, 3.8) is 0 Å². The molecule has 1 saturated heterocycles. The molecular weight excluding hydrogens is 386 g/mol. The number of aliphatic carboxylic acids is 1. The molecule has 5 unspecified atom stereocenters. The maximum atomic E-state index is 11.3. The molecule has 2 saturated carbocycles. The maximum Gasteiger partial charge on any atom is 0.307 e. The highest BCUT2D eigenvalue weighted by Crippen LogP contribution is 2.58. The molecule has 3 aliphatic rings. The molecule has 2 aliphatic carbocycles. The lowest BCUT2D eigenvalue weighted by Gasteiger charge is -2.22. The number of hydrogen-bond donors (Lipinski definition) is 1. The number of aromatic nitrogens is 1. The van der Waals surface area contributed by atoms with Crippen LogP contribution in [0.1, 0.15) is 43.4 Å². The number of aryl methyl sites for hydroxylation is 1. The summed E-state index contributed by atoms with van der Waals surface area (Å²) in [6.45, 7) is 3.06. The SMILES string of the molecule is Cc1noc(-c2ccc(OC3CCC4C(C(=O)O)C34)cc2)c1COC1CCCCO1. The number of carboxylic acids is 1. The molecule has 0 bridgehead atoms. The molecule has 3 fully saturated rings. The smallest absolute Gasteiger partial charge is 0.307 e. The van der Waals surface area contributed by atoms with E-state index in [2.05, 4.69) is 5.16 Å². The van der Waals surface area contributed by atoms with Gasteiger partial charge in [0.05, 0.1) is 18.2 Å². The summed E-state index contributed by atoms with van der Waals surface area (Å²) in [5.74, 6) is 0.983. The second-order valence-corrected chi connectivity index (χ2v) is 8.55. The van der Waals surface area contributed by atoms with Crippen LogP contribution in [-0.4, -0.2) is 35.2 Å². The molecule has 0 spiro atoms. The fourth-order valence-corrected chi connectivity index (χ4v) is 4.98. The summed E-state index contributed by atoms with van der Waals surface area (Å²) in [6, 6.07) is 7.72. The van der Waals surface area contributed by atoms with Gasteiger partial charge in [0.25, 0.3) is 0 Å². The van der Waals surface area contributed by atoms with E-state index in [9.17, 15) is 9.90 Å². The first kappa shape index (κ1) is 19.6. The molecule has 1 N–H and O–H groups in total. The van der Waals surface area contributed by atoms with E-state index in [4.69, 9.17) is 18.7 Å². The summed E-state index contributed by atoms with van der Waals surface area (Å²) in [4.78, 5) is 11.3. The zero-order valence-corrected chi connectivity index (χ0v) is 17.1. The van der Waals surface area contributed by atoms with Gasteiger partial charge in [-0.05, 0) is 69.2 Å². The molecule has 160 valence electrons. The molecule has 2 aromatic rings. The number of fused-ring (bicyclic) bond motifs is 1. The van der Waals surface area contributed by atoms with E-state index in [1.165, 1.54) is 0 Å². The van der Waals surface area contributed by atoms with Gasteiger partial charge in [-0.3, -0.25) is 4.79 Å². The van der Waals surface area contributed by atoms with Gasteiger partial charge in [-0.15, -0.1) is 0 Å². The predicted molar refractivity (Wildman–Crippen MR) is 107 cm³/mol. The third-order valence-electron chi connectivity index (χ3n) is 6.67. The van der Waals surface area contributed by atoms with Gasteiger partial charge in [0, 0.05) is 23.7 Å². The van der Waals surface area contributed by atoms with Crippen LogP contribution in [0.4, 0.5) is 0 Å². The molecule has 2 heterocycles. The minimum atomic E-state index is -0.692. The fourth-order valence-electron chi connectivity index (χ4n) is 4.98. The Balaban J connectivity index is 1.24. The number of rotatable bonds is 7. The Labute approximate surface area is 175 Å². The van der Waals surface area contributed by atoms with Crippen molar-refractivity contribution in [2.45, 2.75) is 58.0 Å². The predicted octanol–water partition coefficient (Wildman–Crippen LogP) is 4.18. The van der Waals surface area contributed by atoms with Crippen molar-refractivity contribution in [3.8, 4) is 17.1 Å². The Morgan fingerprint density at radius 1 is 1.20 bits per heavy atom. The molecule has 5 rings (SSSR count). The molecule has 1 aliphatic heterocycles. The van der Waals surface area contributed by atoms with Crippen LogP contribution in [0.5, 0.6) is 5.75 Å². The standard InChI is InChI=1S/C23H27NO6/c1-13-17(12-28-19-4-2-3-11-27-19)22(30-24-13)14-5-7-15(8-6-14)29-18-10-9-16-20(18)21(16)23(25)26/h5-8,16,18-21H,2-4,9-12H2,1H3,(H,25,26). The third kappa shape index (κ3) is 3.72. The number of carboxylic acid groups (broad SMARTS) is 1. The van der Waals surface area contributed by atoms with Crippen LogP contribution >= 0.6 is 0 Å². The van der Waals surface area contributed by atoms with Crippen LogP contribution in [0.3, 0.4) is 0 Å². The zero-order valence-electron chi connectivity index (χ0n) is 17.1. The first-order valence-electron chi connectivity index (χ1n) is 10.8. The van der Waals surface area contributed by atoms with Crippen molar-refractivity contribution in [2.24, 2.45) is 17.8 Å². The number of nitrogens with zero attached hydrogens (tertiary/aromatic N) is 1. The van der Waals surface area contributed by atoms with E-state index < -0.39 is 5.97 Å². The van der Waals surface area contributed by atoms with Crippen LogP contribution in [0.25, 0.3) is 11.3 Å². The Morgan fingerprint density at radius 3 is 2.73 bits per heavy atom.